The molecule has 0 heterocycles. The van der Waals surface area contributed by atoms with Crippen LogP contribution in [0.4, 0.5) is 18.9 Å². The van der Waals surface area contributed by atoms with Crippen molar-refractivity contribution < 1.29 is 32.2 Å². The van der Waals surface area contributed by atoms with E-state index in [-0.39, 0.29) is 17.0 Å². The molecule has 0 aliphatic heterocycles. The number of hydrogen-bond donors (Lipinski definition) is 1. The van der Waals surface area contributed by atoms with E-state index in [1.807, 2.05) is 0 Å². The molecular formula is C12H14F3NO4. The van der Waals surface area contributed by atoms with Gasteiger partial charge in [0.15, 0.2) is 0 Å². The quantitative estimate of drug-likeness (QED) is 0.495. The van der Waals surface area contributed by atoms with E-state index in [1.165, 1.54) is 12.1 Å². The van der Waals surface area contributed by atoms with Gasteiger partial charge in [-0.05, 0) is 19.1 Å². The fourth-order valence-corrected chi connectivity index (χ4v) is 1.41. The molecule has 1 aromatic rings. The summed E-state index contributed by atoms with van der Waals surface area (Å²) < 4.78 is 48.5. The van der Waals surface area contributed by atoms with Gasteiger partial charge in [0.1, 0.15) is 17.9 Å². The lowest BCUT2D eigenvalue weighted by atomic mass is 10.1. The van der Waals surface area contributed by atoms with Crippen molar-refractivity contribution in [2.75, 3.05) is 25.6 Å². The third-order valence-corrected chi connectivity index (χ3v) is 2.14. The Kier molecular flexibility index (Phi) is 5.63. The number of nitrogens with two attached hydrogens (primary N) is 1. The molecule has 0 aromatic heterocycles. The summed E-state index contributed by atoms with van der Waals surface area (Å²) in [5, 5.41) is 0. The van der Waals surface area contributed by atoms with Crippen LogP contribution in [0.2, 0.25) is 0 Å². The molecular weight excluding hydrogens is 279 g/mol. The van der Waals surface area contributed by atoms with E-state index in [1.54, 1.807) is 13.0 Å². The Morgan fingerprint density at radius 2 is 2.00 bits per heavy atom. The van der Waals surface area contributed by atoms with Crippen LogP contribution in [0.5, 0.6) is 5.75 Å². The Balaban J connectivity index is 2.63. The highest BCUT2D eigenvalue weighted by atomic mass is 19.4. The molecule has 2 N–H and O–H groups in total. The van der Waals surface area contributed by atoms with E-state index in [4.69, 9.17) is 10.5 Å². The molecule has 20 heavy (non-hydrogen) atoms. The lowest BCUT2D eigenvalue weighted by Crippen LogP contribution is -2.19. The second-order valence-electron chi connectivity index (χ2n) is 3.58. The van der Waals surface area contributed by atoms with Crippen LogP contribution in [-0.4, -0.2) is 32.2 Å². The van der Waals surface area contributed by atoms with Crippen LogP contribution in [0.1, 0.15) is 17.3 Å². The number of carbonyl (C=O) groups is 1. The van der Waals surface area contributed by atoms with Crippen molar-refractivity contribution in [2.45, 2.75) is 13.3 Å². The van der Waals surface area contributed by atoms with Crippen molar-refractivity contribution in [3.63, 3.8) is 0 Å². The first-order chi connectivity index (χ1) is 9.35. The zero-order valence-electron chi connectivity index (χ0n) is 10.7. The van der Waals surface area contributed by atoms with Gasteiger partial charge < -0.3 is 15.2 Å². The van der Waals surface area contributed by atoms with Crippen molar-refractivity contribution in [3.05, 3.63) is 23.8 Å². The van der Waals surface area contributed by atoms with Crippen LogP contribution in [0.3, 0.4) is 0 Å². The summed E-state index contributed by atoms with van der Waals surface area (Å²) in [7, 11) is 0. The average Bonchev–Trinajstić information content (AvgIpc) is 2.34. The molecule has 0 aliphatic rings. The maximum Gasteiger partial charge on any atom is 0.522 e. The van der Waals surface area contributed by atoms with E-state index >= 15 is 0 Å². The summed E-state index contributed by atoms with van der Waals surface area (Å²) >= 11 is 0. The number of carbonyl (C=O) groups excluding carboxylic acids is 1. The lowest BCUT2D eigenvalue weighted by Gasteiger charge is -2.12. The summed E-state index contributed by atoms with van der Waals surface area (Å²) in [6, 6.07) is 4.57. The Morgan fingerprint density at radius 3 is 2.60 bits per heavy atom. The molecule has 1 rings (SSSR count). The fraction of sp³-hybridized carbons (Fsp3) is 0.417. The van der Waals surface area contributed by atoms with Gasteiger partial charge in [0.25, 0.3) is 0 Å². The van der Waals surface area contributed by atoms with Gasteiger partial charge in [0, 0.05) is 5.69 Å². The largest absolute Gasteiger partial charge is 0.522 e. The normalized spacial score (nSPS) is 11.2. The van der Waals surface area contributed by atoms with Crippen molar-refractivity contribution in [2.24, 2.45) is 0 Å². The Morgan fingerprint density at radius 1 is 1.30 bits per heavy atom. The van der Waals surface area contributed by atoms with Crippen molar-refractivity contribution >= 4 is 11.7 Å². The zero-order chi connectivity index (χ0) is 15.2. The number of esters is 1. The molecule has 0 spiro atoms. The molecule has 0 aliphatic carbocycles. The standard InChI is InChI=1S/C12H14F3NO4/c1-2-18-9-5-3-4-8(16)10(9)11(17)19-6-7-20-12(13,14)15/h3-5H,2,6-7,16H2,1H3. The number of benzene rings is 1. The molecule has 0 fully saturated rings. The van der Waals surface area contributed by atoms with Gasteiger partial charge in [-0.15, -0.1) is 13.2 Å². The molecule has 0 unspecified atom stereocenters. The molecule has 112 valence electrons. The molecule has 0 radical (unpaired) electrons. The third-order valence-electron chi connectivity index (χ3n) is 2.14. The molecule has 0 bridgehead atoms. The topological polar surface area (TPSA) is 70.8 Å². The van der Waals surface area contributed by atoms with E-state index in [0.717, 1.165) is 0 Å². The van der Waals surface area contributed by atoms with Gasteiger partial charge in [-0.3, -0.25) is 4.74 Å². The minimum Gasteiger partial charge on any atom is -0.493 e. The highest BCUT2D eigenvalue weighted by Crippen LogP contribution is 2.25. The third kappa shape index (κ3) is 4.96. The summed E-state index contributed by atoms with van der Waals surface area (Å²) in [4.78, 5) is 11.8. The van der Waals surface area contributed by atoms with Crippen LogP contribution < -0.4 is 10.5 Å². The number of hydrogen-bond acceptors (Lipinski definition) is 5. The number of rotatable bonds is 6. The van der Waals surface area contributed by atoms with E-state index in [9.17, 15) is 18.0 Å². The van der Waals surface area contributed by atoms with Crippen molar-refractivity contribution in [1.29, 1.82) is 0 Å². The average molecular weight is 293 g/mol. The maximum absolute atomic E-state index is 11.8. The van der Waals surface area contributed by atoms with Gasteiger partial charge in [-0.2, -0.15) is 0 Å². The summed E-state index contributed by atoms with van der Waals surface area (Å²) in [5.41, 5.74) is 5.74. The van der Waals surface area contributed by atoms with Crippen molar-refractivity contribution in [1.82, 2.24) is 0 Å². The van der Waals surface area contributed by atoms with Crippen LogP contribution in [0.15, 0.2) is 18.2 Å². The minimum atomic E-state index is -4.76. The van der Waals surface area contributed by atoms with Crippen LogP contribution in [0.25, 0.3) is 0 Å². The summed E-state index contributed by atoms with van der Waals surface area (Å²) in [6.45, 7) is 0.695. The maximum atomic E-state index is 11.8. The number of halogens is 3. The van der Waals surface area contributed by atoms with Crippen molar-refractivity contribution in [3.8, 4) is 5.75 Å². The first-order valence-corrected chi connectivity index (χ1v) is 5.74. The first kappa shape index (κ1) is 16.1. The van der Waals surface area contributed by atoms with Crippen LogP contribution >= 0.6 is 0 Å². The molecule has 0 saturated carbocycles. The van der Waals surface area contributed by atoms with Gasteiger partial charge >= 0.3 is 12.3 Å². The number of anilines is 1. The van der Waals surface area contributed by atoms with Gasteiger partial charge in [0.2, 0.25) is 0 Å². The Hall–Kier alpha value is -1.96. The number of nitrogen functional groups attached to an aromatic ring is 1. The number of alkyl halides is 3. The summed E-state index contributed by atoms with van der Waals surface area (Å²) in [5.74, 6) is -0.647. The fourth-order valence-electron chi connectivity index (χ4n) is 1.41. The zero-order valence-corrected chi connectivity index (χ0v) is 10.7. The Labute approximate surface area is 113 Å². The van der Waals surface area contributed by atoms with Gasteiger partial charge in [-0.1, -0.05) is 6.07 Å². The second-order valence-corrected chi connectivity index (χ2v) is 3.58. The first-order valence-electron chi connectivity index (χ1n) is 5.74. The SMILES string of the molecule is CCOc1cccc(N)c1C(=O)OCCOC(F)(F)F. The van der Waals surface area contributed by atoms with E-state index in [0.29, 0.717) is 6.61 Å². The monoisotopic (exact) mass is 293 g/mol. The van der Waals surface area contributed by atoms with Crippen LogP contribution in [-0.2, 0) is 9.47 Å². The highest BCUT2D eigenvalue weighted by Gasteiger charge is 2.29. The van der Waals surface area contributed by atoms with E-state index < -0.39 is 25.5 Å². The molecule has 1 aromatic carbocycles. The van der Waals surface area contributed by atoms with E-state index in [2.05, 4.69) is 9.47 Å². The molecule has 0 saturated heterocycles. The Bertz CT molecular complexity index is 463. The second kappa shape index (κ2) is 6.99. The molecule has 8 heteroatoms. The molecule has 5 nitrogen and oxygen atoms in total. The predicted octanol–water partition coefficient (Wildman–Crippen LogP) is 2.36. The predicted molar refractivity (Wildman–Crippen MR) is 64.3 cm³/mol. The number of ether oxygens (including phenoxy) is 3. The van der Waals surface area contributed by atoms with Crippen LogP contribution in [0, 0.1) is 0 Å². The molecule has 0 amide bonds. The smallest absolute Gasteiger partial charge is 0.493 e. The van der Waals surface area contributed by atoms with Gasteiger partial charge in [0.05, 0.1) is 13.2 Å². The highest BCUT2D eigenvalue weighted by molar-refractivity contribution is 5.98. The minimum absolute atomic E-state index is 0.0126. The lowest BCUT2D eigenvalue weighted by molar-refractivity contribution is -0.326. The molecule has 0 atom stereocenters. The summed E-state index contributed by atoms with van der Waals surface area (Å²) in [6.07, 6.45) is -4.76. The van der Waals surface area contributed by atoms with Gasteiger partial charge in [-0.25, -0.2) is 4.79 Å².